The number of benzene rings is 1. The molecular formula is C12H16F2O. The van der Waals surface area contributed by atoms with Crippen molar-refractivity contribution in [1.29, 1.82) is 0 Å². The highest BCUT2D eigenvalue weighted by Crippen LogP contribution is 2.28. The zero-order valence-corrected chi connectivity index (χ0v) is 9.44. The van der Waals surface area contributed by atoms with Crippen LogP contribution in [0.2, 0.25) is 0 Å². The second-order valence-electron chi connectivity index (χ2n) is 4.57. The van der Waals surface area contributed by atoms with Crippen LogP contribution in [0.15, 0.2) is 12.1 Å². The zero-order chi connectivity index (χ0) is 11.8. The molecule has 84 valence electrons. The molecule has 0 saturated heterocycles. The van der Waals surface area contributed by atoms with Crippen LogP contribution in [0.25, 0.3) is 0 Å². The van der Waals surface area contributed by atoms with Crippen molar-refractivity contribution in [3.05, 3.63) is 34.9 Å². The standard InChI is InChI=1S/C12H16F2O/c1-7(2)11-9(13)5-8(6-10(11)14)12(3,4)15/h5-7,15H,1-4H3. The lowest BCUT2D eigenvalue weighted by molar-refractivity contribution is 0.0778. The van der Waals surface area contributed by atoms with E-state index < -0.39 is 17.2 Å². The van der Waals surface area contributed by atoms with Gasteiger partial charge in [0.25, 0.3) is 0 Å². The summed E-state index contributed by atoms with van der Waals surface area (Å²) in [5.41, 5.74) is -0.901. The molecule has 0 amide bonds. The summed E-state index contributed by atoms with van der Waals surface area (Å²) >= 11 is 0. The van der Waals surface area contributed by atoms with Crippen LogP contribution >= 0.6 is 0 Å². The largest absolute Gasteiger partial charge is 0.386 e. The first-order valence-corrected chi connectivity index (χ1v) is 4.95. The van der Waals surface area contributed by atoms with Crippen molar-refractivity contribution < 1.29 is 13.9 Å². The van der Waals surface area contributed by atoms with Gasteiger partial charge in [-0.25, -0.2) is 8.78 Å². The molecule has 0 saturated carbocycles. The van der Waals surface area contributed by atoms with Crippen molar-refractivity contribution in [2.24, 2.45) is 0 Å². The van der Waals surface area contributed by atoms with Crippen LogP contribution in [0.4, 0.5) is 8.78 Å². The molecule has 0 atom stereocenters. The molecule has 0 aliphatic carbocycles. The first-order valence-electron chi connectivity index (χ1n) is 4.95. The molecule has 0 unspecified atom stereocenters. The van der Waals surface area contributed by atoms with Gasteiger partial charge < -0.3 is 5.11 Å². The molecule has 15 heavy (non-hydrogen) atoms. The lowest BCUT2D eigenvalue weighted by Crippen LogP contribution is -2.17. The van der Waals surface area contributed by atoms with Gasteiger partial charge in [0, 0.05) is 5.56 Å². The fourth-order valence-corrected chi connectivity index (χ4v) is 1.49. The molecule has 3 heteroatoms. The Balaban J connectivity index is 3.32. The van der Waals surface area contributed by atoms with Gasteiger partial charge in [-0.2, -0.15) is 0 Å². The van der Waals surface area contributed by atoms with Gasteiger partial charge >= 0.3 is 0 Å². The minimum Gasteiger partial charge on any atom is -0.386 e. The van der Waals surface area contributed by atoms with Crippen LogP contribution in [0, 0.1) is 11.6 Å². The summed E-state index contributed by atoms with van der Waals surface area (Å²) in [6.07, 6.45) is 0. The Morgan fingerprint density at radius 1 is 1.13 bits per heavy atom. The molecule has 0 spiro atoms. The van der Waals surface area contributed by atoms with Crippen molar-refractivity contribution in [3.8, 4) is 0 Å². The molecule has 0 fully saturated rings. The second-order valence-corrected chi connectivity index (χ2v) is 4.57. The van der Waals surface area contributed by atoms with Crippen LogP contribution in [-0.2, 0) is 5.60 Å². The van der Waals surface area contributed by atoms with E-state index in [-0.39, 0.29) is 17.0 Å². The summed E-state index contributed by atoms with van der Waals surface area (Å²) < 4.78 is 27.1. The predicted octanol–water partition coefficient (Wildman–Crippen LogP) is 3.32. The van der Waals surface area contributed by atoms with E-state index in [1.807, 2.05) is 0 Å². The average molecular weight is 214 g/mol. The Bertz CT molecular complexity index is 341. The van der Waals surface area contributed by atoms with Crippen LogP contribution in [-0.4, -0.2) is 5.11 Å². The van der Waals surface area contributed by atoms with Gasteiger partial charge in [0.1, 0.15) is 11.6 Å². The third-order valence-electron chi connectivity index (χ3n) is 2.36. The summed E-state index contributed by atoms with van der Waals surface area (Å²) in [5.74, 6) is -1.40. The van der Waals surface area contributed by atoms with Crippen molar-refractivity contribution in [1.82, 2.24) is 0 Å². The molecule has 1 nitrogen and oxygen atoms in total. The minimum atomic E-state index is -1.23. The van der Waals surface area contributed by atoms with E-state index in [9.17, 15) is 13.9 Å². The molecule has 0 aromatic heterocycles. The molecule has 1 aromatic rings. The molecule has 0 bridgehead atoms. The Morgan fingerprint density at radius 3 is 1.80 bits per heavy atom. The quantitative estimate of drug-likeness (QED) is 0.800. The van der Waals surface area contributed by atoms with Crippen molar-refractivity contribution >= 4 is 0 Å². The number of halogens is 2. The Morgan fingerprint density at radius 2 is 1.53 bits per heavy atom. The van der Waals surface area contributed by atoms with Gasteiger partial charge in [-0.05, 0) is 37.5 Å². The topological polar surface area (TPSA) is 20.2 Å². The monoisotopic (exact) mass is 214 g/mol. The lowest BCUT2D eigenvalue weighted by atomic mass is 9.93. The number of hydrogen-bond acceptors (Lipinski definition) is 1. The number of rotatable bonds is 2. The highest BCUT2D eigenvalue weighted by Gasteiger charge is 2.21. The SMILES string of the molecule is CC(C)c1c(F)cc(C(C)(C)O)cc1F. The van der Waals surface area contributed by atoms with E-state index in [0.29, 0.717) is 0 Å². The predicted molar refractivity (Wildman–Crippen MR) is 55.7 cm³/mol. The third kappa shape index (κ3) is 2.53. The molecular weight excluding hydrogens is 198 g/mol. The van der Waals surface area contributed by atoms with Crippen molar-refractivity contribution in [2.75, 3.05) is 0 Å². The molecule has 0 radical (unpaired) electrons. The van der Waals surface area contributed by atoms with Gasteiger partial charge in [0.2, 0.25) is 0 Å². The second kappa shape index (κ2) is 3.89. The van der Waals surface area contributed by atoms with Crippen LogP contribution in [0.1, 0.15) is 44.7 Å². The van der Waals surface area contributed by atoms with Crippen molar-refractivity contribution in [2.45, 2.75) is 39.2 Å². The summed E-state index contributed by atoms with van der Waals surface area (Å²) in [6, 6.07) is 2.39. The van der Waals surface area contributed by atoms with Gasteiger partial charge in [0.15, 0.2) is 0 Å². The third-order valence-corrected chi connectivity index (χ3v) is 2.36. The van der Waals surface area contributed by atoms with Gasteiger partial charge in [-0.1, -0.05) is 13.8 Å². The average Bonchev–Trinajstić information content (AvgIpc) is 1.99. The summed E-state index contributed by atoms with van der Waals surface area (Å²) in [6.45, 7) is 6.45. The maximum atomic E-state index is 13.5. The van der Waals surface area contributed by atoms with Gasteiger partial charge in [-0.15, -0.1) is 0 Å². The lowest BCUT2D eigenvalue weighted by Gasteiger charge is -2.19. The highest BCUT2D eigenvalue weighted by molar-refractivity contribution is 5.31. The molecule has 1 aromatic carbocycles. The molecule has 1 N–H and O–H groups in total. The molecule has 0 aliphatic heterocycles. The zero-order valence-electron chi connectivity index (χ0n) is 9.44. The summed E-state index contributed by atoms with van der Waals surface area (Å²) in [4.78, 5) is 0. The summed E-state index contributed by atoms with van der Waals surface area (Å²) in [7, 11) is 0. The van der Waals surface area contributed by atoms with E-state index in [4.69, 9.17) is 0 Å². The van der Waals surface area contributed by atoms with Gasteiger partial charge in [-0.3, -0.25) is 0 Å². The smallest absolute Gasteiger partial charge is 0.129 e. The minimum absolute atomic E-state index is 0.0722. The maximum Gasteiger partial charge on any atom is 0.129 e. The fourth-order valence-electron chi connectivity index (χ4n) is 1.49. The molecule has 0 aliphatic rings. The van der Waals surface area contributed by atoms with E-state index in [2.05, 4.69) is 0 Å². The van der Waals surface area contributed by atoms with E-state index in [1.54, 1.807) is 13.8 Å². The Labute approximate surface area is 88.7 Å². The van der Waals surface area contributed by atoms with E-state index >= 15 is 0 Å². The first-order chi connectivity index (χ1) is 6.73. The normalized spacial score (nSPS) is 12.3. The molecule has 0 heterocycles. The first kappa shape index (κ1) is 12.1. The maximum absolute atomic E-state index is 13.5. The van der Waals surface area contributed by atoms with Crippen LogP contribution in [0.5, 0.6) is 0 Å². The molecule has 1 rings (SSSR count). The Kier molecular flexibility index (Phi) is 3.14. The van der Waals surface area contributed by atoms with Crippen LogP contribution < -0.4 is 0 Å². The number of hydrogen-bond donors (Lipinski definition) is 1. The van der Waals surface area contributed by atoms with Crippen molar-refractivity contribution in [3.63, 3.8) is 0 Å². The summed E-state index contributed by atoms with van der Waals surface area (Å²) in [5, 5.41) is 9.63. The fraction of sp³-hybridized carbons (Fsp3) is 0.500. The Hall–Kier alpha value is -0.960. The van der Waals surface area contributed by atoms with Gasteiger partial charge in [0.05, 0.1) is 5.60 Å². The number of aliphatic hydroxyl groups is 1. The van der Waals surface area contributed by atoms with Crippen LogP contribution in [0.3, 0.4) is 0 Å². The van der Waals surface area contributed by atoms with E-state index in [0.717, 1.165) is 0 Å². The van der Waals surface area contributed by atoms with E-state index in [1.165, 1.54) is 26.0 Å². The highest BCUT2D eigenvalue weighted by atomic mass is 19.1.